The first kappa shape index (κ1) is 13.0. The van der Waals surface area contributed by atoms with E-state index in [1.807, 2.05) is 10.8 Å². The molecule has 1 saturated heterocycles. The van der Waals surface area contributed by atoms with Crippen LogP contribution in [0.25, 0.3) is 6.08 Å². The van der Waals surface area contributed by atoms with Crippen LogP contribution in [-0.2, 0) is 9.59 Å². The van der Waals surface area contributed by atoms with Gasteiger partial charge in [0.25, 0.3) is 11.8 Å². The highest BCUT2D eigenvalue weighted by molar-refractivity contribution is 9.10. The molecule has 1 aliphatic heterocycles. The van der Waals surface area contributed by atoms with Crippen LogP contribution in [0.3, 0.4) is 0 Å². The van der Waals surface area contributed by atoms with Gasteiger partial charge in [0, 0.05) is 29.5 Å². The number of likely N-dealkylation sites (N-methyl/N-ethyl adjacent to an activating group) is 2. The highest BCUT2D eigenvalue weighted by Gasteiger charge is 2.37. The number of nitrogens with zero attached hydrogens (tertiary/aromatic N) is 2. The van der Waals surface area contributed by atoms with Crippen LogP contribution in [0.5, 0.6) is 0 Å². The van der Waals surface area contributed by atoms with Gasteiger partial charge in [0.15, 0.2) is 0 Å². The number of hydrogen-bond donors (Lipinski definition) is 0. The molecule has 1 aromatic rings. The van der Waals surface area contributed by atoms with Crippen LogP contribution >= 0.6 is 27.3 Å². The minimum absolute atomic E-state index is 0.0151. The smallest absolute Gasteiger partial charge is 0.268 e. The number of barbiturate groups is 1. The fourth-order valence-electron chi connectivity index (χ4n) is 1.52. The van der Waals surface area contributed by atoms with Gasteiger partial charge in [-0.25, -0.2) is 4.79 Å². The zero-order valence-corrected chi connectivity index (χ0v) is 12.0. The molecule has 2 heterocycles. The first-order chi connectivity index (χ1) is 8.43. The lowest BCUT2D eigenvalue weighted by Crippen LogP contribution is -2.52. The number of thiophene rings is 1. The van der Waals surface area contributed by atoms with Gasteiger partial charge in [0.2, 0.25) is 0 Å². The van der Waals surface area contributed by atoms with Gasteiger partial charge in [-0.3, -0.25) is 19.4 Å². The number of rotatable bonds is 1. The quantitative estimate of drug-likeness (QED) is 0.584. The Morgan fingerprint density at radius 2 is 1.67 bits per heavy atom. The Hall–Kier alpha value is -1.47. The third-order valence-electron chi connectivity index (χ3n) is 2.59. The summed E-state index contributed by atoms with van der Waals surface area (Å²) in [6.07, 6.45) is 1.49. The highest BCUT2D eigenvalue weighted by atomic mass is 79.9. The molecule has 0 aromatic carbocycles. The predicted molar refractivity (Wildman–Crippen MR) is 70.9 cm³/mol. The lowest BCUT2D eigenvalue weighted by atomic mass is 10.1. The molecular formula is C11H9BrN2O3S. The van der Waals surface area contributed by atoms with Crippen molar-refractivity contribution in [1.29, 1.82) is 0 Å². The summed E-state index contributed by atoms with van der Waals surface area (Å²) in [6, 6.07) is -0.619. The molecule has 5 nitrogen and oxygen atoms in total. The maximum Gasteiger partial charge on any atom is 0.333 e. The Morgan fingerprint density at radius 1 is 1.11 bits per heavy atom. The van der Waals surface area contributed by atoms with Crippen molar-refractivity contribution in [3.63, 3.8) is 0 Å². The van der Waals surface area contributed by atoms with E-state index in [1.165, 1.54) is 31.5 Å². The van der Waals surface area contributed by atoms with Gasteiger partial charge < -0.3 is 0 Å². The summed E-state index contributed by atoms with van der Waals surface area (Å²) in [7, 11) is 2.70. The van der Waals surface area contributed by atoms with Gasteiger partial charge in [0.05, 0.1) is 0 Å². The average molecular weight is 329 g/mol. The van der Waals surface area contributed by atoms with E-state index < -0.39 is 17.8 Å². The van der Waals surface area contributed by atoms with E-state index >= 15 is 0 Å². The first-order valence-corrected chi connectivity index (χ1v) is 6.70. The van der Waals surface area contributed by atoms with Crippen molar-refractivity contribution in [3.05, 3.63) is 26.4 Å². The third kappa shape index (κ3) is 1.99. The van der Waals surface area contributed by atoms with Crippen LogP contribution < -0.4 is 0 Å². The van der Waals surface area contributed by atoms with Crippen molar-refractivity contribution in [3.8, 4) is 0 Å². The summed E-state index contributed by atoms with van der Waals surface area (Å²) in [5.74, 6) is -1.16. The van der Waals surface area contributed by atoms with Crippen LogP contribution in [0.1, 0.15) is 5.56 Å². The van der Waals surface area contributed by atoms with Gasteiger partial charge in [-0.15, -0.1) is 0 Å². The molecular weight excluding hydrogens is 320 g/mol. The van der Waals surface area contributed by atoms with Crippen LogP contribution in [0.4, 0.5) is 4.79 Å². The van der Waals surface area contributed by atoms with Gasteiger partial charge in [-0.1, -0.05) is 0 Å². The topological polar surface area (TPSA) is 57.7 Å². The molecule has 0 radical (unpaired) electrons. The van der Waals surface area contributed by atoms with Gasteiger partial charge in [-0.05, 0) is 27.4 Å². The van der Waals surface area contributed by atoms with E-state index in [0.717, 1.165) is 19.8 Å². The Morgan fingerprint density at radius 3 is 2.11 bits per heavy atom. The summed E-state index contributed by atoms with van der Waals surface area (Å²) in [6.45, 7) is 0. The number of carbonyl (C=O) groups is 3. The molecule has 4 amide bonds. The molecule has 7 heteroatoms. The molecule has 18 heavy (non-hydrogen) atoms. The van der Waals surface area contributed by atoms with Crippen molar-refractivity contribution in [2.45, 2.75) is 0 Å². The van der Waals surface area contributed by atoms with E-state index in [2.05, 4.69) is 15.9 Å². The summed E-state index contributed by atoms with van der Waals surface area (Å²) < 4.78 is 0.808. The summed E-state index contributed by atoms with van der Waals surface area (Å²) in [5, 5.41) is 3.66. The zero-order chi connectivity index (χ0) is 13.4. The van der Waals surface area contributed by atoms with E-state index in [4.69, 9.17) is 0 Å². The first-order valence-electron chi connectivity index (χ1n) is 4.97. The third-order valence-corrected chi connectivity index (χ3v) is 4.34. The number of amides is 4. The molecule has 0 aliphatic carbocycles. The van der Waals surface area contributed by atoms with Crippen molar-refractivity contribution < 1.29 is 14.4 Å². The largest absolute Gasteiger partial charge is 0.333 e. The van der Waals surface area contributed by atoms with Crippen molar-refractivity contribution in [2.24, 2.45) is 0 Å². The molecule has 2 rings (SSSR count). The minimum atomic E-state index is -0.619. The summed E-state index contributed by atoms with van der Waals surface area (Å²) in [4.78, 5) is 37.2. The van der Waals surface area contributed by atoms with Crippen LogP contribution in [0.15, 0.2) is 20.8 Å². The van der Waals surface area contributed by atoms with Crippen LogP contribution in [-0.4, -0.2) is 41.7 Å². The predicted octanol–water partition coefficient (Wildman–Crippen LogP) is 1.94. The van der Waals surface area contributed by atoms with Crippen molar-refractivity contribution in [2.75, 3.05) is 14.1 Å². The number of urea groups is 1. The number of imide groups is 2. The average Bonchev–Trinajstić information content (AvgIpc) is 2.75. The summed E-state index contributed by atoms with van der Waals surface area (Å²) in [5.41, 5.74) is 0.728. The van der Waals surface area contributed by atoms with Gasteiger partial charge in [0.1, 0.15) is 5.57 Å². The SMILES string of the molecule is CN1C(=O)C(=Cc2cscc2Br)C(=O)N(C)C1=O. The fourth-order valence-corrected chi connectivity index (χ4v) is 2.89. The lowest BCUT2D eigenvalue weighted by molar-refractivity contribution is -0.134. The molecule has 1 aliphatic rings. The number of hydrogen-bond acceptors (Lipinski definition) is 4. The fraction of sp³-hybridized carbons (Fsp3) is 0.182. The molecule has 1 fully saturated rings. The normalized spacial score (nSPS) is 16.6. The second-order valence-electron chi connectivity index (χ2n) is 3.74. The second kappa shape index (κ2) is 4.66. The minimum Gasteiger partial charge on any atom is -0.268 e. The standard InChI is InChI=1S/C11H9BrN2O3S/c1-13-9(15)7(10(16)14(2)11(13)17)3-6-4-18-5-8(6)12/h3-5H,1-2H3. The molecule has 1 aromatic heterocycles. The molecule has 0 N–H and O–H groups in total. The van der Waals surface area contributed by atoms with E-state index in [9.17, 15) is 14.4 Å². The van der Waals surface area contributed by atoms with Gasteiger partial charge in [-0.2, -0.15) is 11.3 Å². The maximum absolute atomic E-state index is 11.9. The molecule has 0 unspecified atom stereocenters. The Labute approximate surface area is 116 Å². The number of carbonyl (C=O) groups excluding carboxylic acids is 3. The van der Waals surface area contributed by atoms with Crippen LogP contribution in [0.2, 0.25) is 0 Å². The van der Waals surface area contributed by atoms with Gasteiger partial charge >= 0.3 is 6.03 Å². The Balaban J connectivity index is 2.47. The molecule has 0 bridgehead atoms. The lowest BCUT2D eigenvalue weighted by Gasteiger charge is -2.28. The van der Waals surface area contributed by atoms with Crippen molar-refractivity contribution >= 4 is 51.2 Å². The second-order valence-corrected chi connectivity index (χ2v) is 5.34. The molecule has 0 spiro atoms. The number of halogens is 1. The summed E-state index contributed by atoms with van der Waals surface area (Å²) >= 11 is 4.78. The Bertz CT molecular complexity index is 553. The molecule has 94 valence electrons. The zero-order valence-electron chi connectivity index (χ0n) is 9.64. The highest BCUT2D eigenvalue weighted by Crippen LogP contribution is 2.25. The molecule has 0 atom stereocenters. The molecule has 0 saturated carbocycles. The maximum atomic E-state index is 11.9. The van der Waals surface area contributed by atoms with E-state index in [-0.39, 0.29) is 5.57 Å². The Kier molecular flexibility index (Phi) is 3.36. The van der Waals surface area contributed by atoms with E-state index in [1.54, 1.807) is 0 Å². The van der Waals surface area contributed by atoms with Crippen molar-refractivity contribution in [1.82, 2.24) is 9.80 Å². The van der Waals surface area contributed by atoms with E-state index in [0.29, 0.717) is 0 Å². The van der Waals surface area contributed by atoms with Crippen LogP contribution in [0, 0.1) is 0 Å². The monoisotopic (exact) mass is 328 g/mol.